The summed E-state index contributed by atoms with van der Waals surface area (Å²) in [5.41, 5.74) is 0. The summed E-state index contributed by atoms with van der Waals surface area (Å²) in [6.07, 6.45) is 6.06. The van der Waals surface area contributed by atoms with Crippen LogP contribution in [0.25, 0.3) is 0 Å². The fraction of sp³-hybridized carbons (Fsp3) is 0.727. The van der Waals surface area contributed by atoms with E-state index < -0.39 is 25.7 Å². The van der Waals surface area contributed by atoms with Gasteiger partial charge in [0, 0.05) is 0 Å². The first-order valence-corrected chi connectivity index (χ1v) is 8.14. The Labute approximate surface area is 117 Å². The van der Waals surface area contributed by atoms with Crippen molar-refractivity contribution in [1.29, 1.82) is 0 Å². The summed E-state index contributed by atoms with van der Waals surface area (Å²) >= 11 is 0. The molecule has 9 heteroatoms. The minimum Gasteiger partial charge on any atom is -0.358 e. The molecular formula is C11H18N4O4S. The van der Waals surface area contributed by atoms with Crippen molar-refractivity contribution in [3.8, 4) is 0 Å². The zero-order valence-electron chi connectivity index (χ0n) is 11.2. The van der Waals surface area contributed by atoms with E-state index in [9.17, 15) is 18.5 Å². The molecule has 0 aromatic carbocycles. The Morgan fingerprint density at radius 3 is 2.45 bits per heavy atom. The van der Waals surface area contributed by atoms with Gasteiger partial charge >= 0.3 is 5.82 Å². The van der Waals surface area contributed by atoms with Gasteiger partial charge in [0.1, 0.15) is 0 Å². The van der Waals surface area contributed by atoms with Gasteiger partial charge in [-0.15, -0.1) is 0 Å². The molecule has 0 amide bonds. The highest BCUT2D eigenvalue weighted by molar-refractivity contribution is 7.89. The highest BCUT2D eigenvalue weighted by Gasteiger charge is 2.32. The average molecular weight is 302 g/mol. The summed E-state index contributed by atoms with van der Waals surface area (Å²) in [4.78, 5) is 9.55. The molecule has 2 rings (SSSR count). The van der Waals surface area contributed by atoms with Crippen molar-refractivity contribution in [3.05, 3.63) is 16.3 Å². The Hall–Kier alpha value is -1.48. The van der Waals surface area contributed by atoms with Crippen LogP contribution in [0.15, 0.2) is 11.1 Å². The molecule has 1 aliphatic carbocycles. The van der Waals surface area contributed by atoms with Crippen LogP contribution >= 0.6 is 0 Å². The van der Waals surface area contributed by atoms with E-state index in [2.05, 4.69) is 12.0 Å². The van der Waals surface area contributed by atoms with Crippen molar-refractivity contribution in [3.63, 3.8) is 0 Å². The summed E-state index contributed by atoms with van der Waals surface area (Å²) in [5.74, 6) is -0.0142. The summed E-state index contributed by atoms with van der Waals surface area (Å²) in [6.45, 7) is 2.14. The molecule has 1 fully saturated rings. The monoisotopic (exact) mass is 302 g/mol. The lowest BCUT2D eigenvalue weighted by atomic mass is 9.85. The maximum Gasteiger partial charge on any atom is 0.410 e. The predicted molar refractivity (Wildman–Crippen MR) is 71.5 cm³/mol. The van der Waals surface area contributed by atoms with Gasteiger partial charge in [-0.25, -0.2) is 13.6 Å². The van der Waals surface area contributed by atoms with Gasteiger partial charge in [0.15, 0.2) is 0 Å². The molecule has 2 N–H and O–H groups in total. The number of hydrogen-bond donors (Lipinski definition) is 1. The smallest absolute Gasteiger partial charge is 0.358 e. The molecule has 1 saturated carbocycles. The second-order valence-electron chi connectivity index (χ2n) is 5.18. The van der Waals surface area contributed by atoms with Gasteiger partial charge in [0.05, 0.1) is 17.3 Å². The number of rotatable bonds is 4. The standard InChI is InChI=1S/C11H18N4O4S/c1-2-8-3-5-9(6-4-8)14-7-10(20(12,18)19)11(13-14)15(16)17/h7-9H,2-6H2,1H3,(H2,12,18,19). The molecular weight excluding hydrogens is 284 g/mol. The zero-order chi connectivity index (χ0) is 14.9. The number of nitrogens with zero attached hydrogens (tertiary/aromatic N) is 3. The normalized spacial score (nSPS) is 23.7. The van der Waals surface area contributed by atoms with E-state index in [1.165, 1.54) is 10.9 Å². The molecule has 0 saturated heterocycles. The Bertz CT molecular complexity index is 602. The van der Waals surface area contributed by atoms with Crippen LogP contribution in [-0.4, -0.2) is 23.1 Å². The van der Waals surface area contributed by atoms with Gasteiger partial charge in [0.2, 0.25) is 14.9 Å². The lowest BCUT2D eigenvalue weighted by Gasteiger charge is -2.26. The van der Waals surface area contributed by atoms with Gasteiger partial charge in [-0.05, 0) is 36.5 Å². The summed E-state index contributed by atoms with van der Waals surface area (Å²) in [7, 11) is -4.14. The molecule has 0 spiro atoms. The number of aromatic nitrogens is 2. The topological polar surface area (TPSA) is 121 Å². The molecule has 0 aliphatic heterocycles. The van der Waals surface area contributed by atoms with E-state index in [1.807, 2.05) is 0 Å². The van der Waals surface area contributed by atoms with Crippen LogP contribution in [0.4, 0.5) is 5.82 Å². The maximum absolute atomic E-state index is 11.4. The molecule has 0 unspecified atom stereocenters. The summed E-state index contributed by atoms with van der Waals surface area (Å²) in [5, 5.41) is 19.7. The van der Waals surface area contributed by atoms with Crippen LogP contribution in [0, 0.1) is 16.0 Å². The number of nitro groups is 1. The van der Waals surface area contributed by atoms with Gasteiger partial charge in [-0.2, -0.15) is 4.68 Å². The molecule has 20 heavy (non-hydrogen) atoms. The van der Waals surface area contributed by atoms with Crippen LogP contribution in [0.1, 0.15) is 45.1 Å². The number of hydrogen-bond acceptors (Lipinski definition) is 5. The Morgan fingerprint density at radius 1 is 1.45 bits per heavy atom. The summed E-state index contributed by atoms with van der Waals surface area (Å²) in [6, 6.07) is 0.00648. The van der Waals surface area contributed by atoms with E-state index in [4.69, 9.17) is 5.14 Å². The van der Waals surface area contributed by atoms with Crippen LogP contribution < -0.4 is 5.14 Å². The maximum atomic E-state index is 11.4. The quantitative estimate of drug-likeness (QED) is 0.668. The van der Waals surface area contributed by atoms with Gasteiger partial charge in [0.25, 0.3) is 0 Å². The molecule has 0 radical (unpaired) electrons. The number of nitrogens with two attached hydrogens (primary N) is 1. The van der Waals surface area contributed by atoms with E-state index in [0.29, 0.717) is 5.92 Å². The van der Waals surface area contributed by atoms with E-state index in [0.717, 1.165) is 32.1 Å². The third-order valence-electron chi connectivity index (χ3n) is 3.93. The van der Waals surface area contributed by atoms with E-state index in [-0.39, 0.29) is 6.04 Å². The van der Waals surface area contributed by atoms with Crippen LogP contribution in [0.5, 0.6) is 0 Å². The van der Waals surface area contributed by atoms with Crippen LogP contribution in [-0.2, 0) is 10.0 Å². The predicted octanol–water partition coefficient (Wildman–Crippen LogP) is 1.58. The molecule has 1 aromatic heterocycles. The van der Waals surface area contributed by atoms with Crippen molar-refractivity contribution in [1.82, 2.24) is 9.78 Å². The average Bonchev–Trinajstić information content (AvgIpc) is 2.84. The number of primary sulfonamides is 1. The molecule has 0 bridgehead atoms. The molecule has 1 aromatic rings. The highest BCUT2D eigenvalue weighted by Crippen LogP contribution is 2.34. The number of sulfonamides is 1. The van der Waals surface area contributed by atoms with Crippen molar-refractivity contribution >= 4 is 15.8 Å². The van der Waals surface area contributed by atoms with E-state index >= 15 is 0 Å². The minimum absolute atomic E-state index is 0.00648. The molecule has 0 atom stereocenters. The molecule has 8 nitrogen and oxygen atoms in total. The van der Waals surface area contributed by atoms with Gasteiger partial charge in [-0.3, -0.25) is 0 Å². The summed E-state index contributed by atoms with van der Waals surface area (Å²) < 4.78 is 24.1. The first-order valence-electron chi connectivity index (χ1n) is 6.59. The van der Waals surface area contributed by atoms with Crippen molar-refractivity contribution < 1.29 is 13.3 Å². The Balaban J connectivity index is 2.28. The van der Waals surface area contributed by atoms with Crippen LogP contribution in [0.2, 0.25) is 0 Å². The SMILES string of the molecule is CCC1CCC(n2cc(S(N)(=O)=O)c([N+](=O)[O-])n2)CC1. The van der Waals surface area contributed by atoms with Crippen molar-refractivity contribution in [2.75, 3.05) is 0 Å². The Kier molecular flexibility index (Phi) is 4.09. The highest BCUT2D eigenvalue weighted by atomic mass is 32.2. The fourth-order valence-corrected chi connectivity index (χ4v) is 3.32. The lowest BCUT2D eigenvalue weighted by molar-refractivity contribution is -0.392. The third-order valence-corrected chi connectivity index (χ3v) is 4.83. The molecule has 1 heterocycles. The largest absolute Gasteiger partial charge is 0.410 e. The van der Waals surface area contributed by atoms with E-state index in [1.54, 1.807) is 0 Å². The lowest BCUT2D eigenvalue weighted by Crippen LogP contribution is -2.18. The first-order chi connectivity index (χ1) is 9.32. The molecule has 112 valence electrons. The Morgan fingerprint density at radius 2 is 2.05 bits per heavy atom. The van der Waals surface area contributed by atoms with Crippen molar-refractivity contribution in [2.24, 2.45) is 11.1 Å². The third kappa shape index (κ3) is 2.98. The van der Waals surface area contributed by atoms with Gasteiger partial charge in [-0.1, -0.05) is 13.3 Å². The van der Waals surface area contributed by atoms with Crippen LogP contribution in [0.3, 0.4) is 0 Å². The second kappa shape index (κ2) is 5.49. The zero-order valence-corrected chi connectivity index (χ0v) is 12.0. The first kappa shape index (κ1) is 14.9. The molecule has 1 aliphatic rings. The second-order valence-corrected chi connectivity index (χ2v) is 6.71. The van der Waals surface area contributed by atoms with Crippen molar-refractivity contribution in [2.45, 2.75) is 50.0 Å². The fourth-order valence-electron chi connectivity index (χ4n) is 2.70. The minimum atomic E-state index is -4.14. The van der Waals surface area contributed by atoms with Gasteiger partial charge < -0.3 is 10.1 Å².